The first kappa shape index (κ1) is 19.5. The molecule has 0 spiro atoms. The first-order chi connectivity index (χ1) is 12.7. The van der Waals surface area contributed by atoms with Crippen LogP contribution < -0.4 is 0 Å². The average Bonchev–Trinajstić information content (AvgIpc) is 2.68. The zero-order chi connectivity index (χ0) is 18.4. The Kier molecular flexibility index (Phi) is 7.16. The Morgan fingerprint density at radius 3 is 2.69 bits per heavy atom. The molecule has 0 aliphatic carbocycles. The van der Waals surface area contributed by atoms with Crippen molar-refractivity contribution >= 4 is 34.4 Å². The number of amides is 1. The van der Waals surface area contributed by atoms with Gasteiger partial charge in [0.05, 0.1) is 19.2 Å². The Bertz CT molecular complexity index is 606. The summed E-state index contributed by atoms with van der Waals surface area (Å²) in [5.74, 6) is 0.962. The molecule has 3 rings (SSSR count). The number of piperidine rings is 1. The van der Waals surface area contributed by atoms with Gasteiger partial charge in [-0.3, -0.25) is 4.90 Å². The Labute approximate surface area is 165 Å². The van der Waals surface area contributed by atoms with Crippen molar-refractivity contribution in [3.63, 3.8) is 0 Å². The van der Waals surface area contributed by atoms with Crippen LogP contribution >= 0.6 is 24.0 Å². The highest BCUT2D eigenvalue weighted by Gasteiger charge is 2.32. The Morgan fingerprint density at radius 2 is 2.00 bits per heavy atom. The second-order valence-electron chi connectivity index (χ2n) is 6.70. The predicted octanol–water partition coefficient (Wildman–Crippen LogP) is 3.40. The summed E-state index contributed by atoms with van der Waals surface area (Å²) in [5.41, 5.74) is 1.37. The number of thioether (sulfide) groups is 1. The lowest BCUT2D eigenvalue weighted by Gasteiger charge is -2.44. The first-order valence-electron chi connectivity index (χ1n) is 9.28. The third-order valence-electron chi connectivity index (χ3n) is 4.95. The molecule has 1 aromatic rings. The monoisotopic (exact) mass is 393 g/mol. The summed E-state index contributed by atoms with van der Waals surface area (Å²) in [4.78, 5) is 18.5. The highest BCUT2D eigenvalue weighted by atomic mass is 32.2. The zero-order valence-electron chi connectivity index (χ0n) is 15.3. The highest BCUT2D eigenvalue weighted by molar-refractivity contribution is 8.22. The fourth-order valence-corrected chi connectivity index (χ4v) is 4.69. The number of nitrogens with zero attached hydrogens (tertiary/aromatic N) is 3. The van der Waals surface area contributed by atoms with E-state index >= 15 is 0 Å². The molecule has 0 atom stereocenters. The van der Waals surface area contributed by atoms with Gasteiger partial charge in [-0.05, 0) is 31.7 Å². The lowest BCUT2D eigenvalue weighted by Crippen LogP contribution is -2.53. The van der Waals surface area contributed by atoms with E-state index in [4.69, 9.17) is 17.0 Å². The second kappa shape index (κ2) is 9.58. The first-order valence-corrected chi connectivity index (χ1v) is 10.7. The van der Waals surface area contributed by atoms with Crippen LogP contribution in [0.1, 0.15) is 25.3 Å². The quantitative estimate of drug-likeness (QED) is 0.714. The van der Waals surface area contributed by atoms with E-state index in [1.54, 1.807) is 11.8 Å². The van der Waals surface area contributed by atoms with Crippen LogP contribution in [-0.4, -0.2) is 69.9 Å². The number of thiocarbonyl (C=S) groups is 1. The van der Waals surface area contributed by atoms with Crippen LogP contribution in [-0.2, 0) is 11.2 Å². The number of rotatable bonds is 5. The lowest BCUT2D eigenvalue weighted by molar-refractivity contribution is 0.0791. The zero-order valence-corrected chi connectivity index (χ0v) is 16.9. The summed E-state index contributed by atoms with van der Waals surface area (Å²) in [6.45, 7) is 5.70. The van der Waals surface area contributed by atoms with E-state index in [0.29, 0.717) is 12.6 Å². The van der Waals surface area contributed by atoms with E-state index in [1.165, 1.54) is 5.56 Å². The molecular weight excluding hydrogens is 366 g/mol. The molecule has 5 nitrogen and oxygen atoms in total. The minimum absolute atomic E-state index is 0.189. The van der Waals surface area contributed by atoms with Gasteiger partial charge in [-0.15, -0.1) is 0 Å². The van der Waals surface area contributed by atoms with Crippen molar-refractivity contribution in [1.29, 1.82) is 0 Å². The van der Waals surface area contributed by atoms with Crippen LogP contribution in [0, 0.1) is 0 Å². The van der Waals surface area contributed by atoms with Crippen LogP contribution in [0.3, 0.4) is 0 Å². The topological polar surface area (TPSA) is 36.0 Å². The molecule has 2 aliphatic heterocycles. The van der Waals surface area contributed by atoms with Gasteiger partial charge in [-0.1, -0.05) is 54.3 Å². The van der Waals surface area contributed by atoms with E-state index in [9.17, 15) is 4.79 Å². The van der Waals surface area contributed by atoms with Gasteiger partial charge in [-0.25, -0.2) is 4.79 Å². The summed E-state index contributed by atoms with van der Waals surface area (Å²) in [7, 11) is 0. The van der Waals surface area contributed by atoms with Crippen LogP contribution in [0.25, 0.3) is 0 Å². The minimum atomic E-state index is -0.189. The van der Waals surface area contributed by atoms with Crippen LogP contribution in [0.4, 0.5) is 4.79 Å². The third kappa shape index (κ3) is 5.11. The number of carbonyl (C=O) groups excluding carboxylic acids is 1. The molecule has 1 aromatic carbocycles. The molecule has 0 aromatic heterocycles. The molecule has 0 saturated carbocycles. The van der Waals surface area contributed by atoms with Crippen LogP contribution in [0.2, 0.25) is 0 Å². The maximum Gasteiger partial charge on any atom is 0.409 e. The molecule has 0 N–H and O–H groups in total. The van der Waals surface area contributed by atoms with E-state index in [-0.39, 0.29) is 6.09 Å². The molecule has 2 saturated heterocycles. The lowest BCUT2D eigenvalue weighted by atomic mass is 10.0. The summed E-state index contributed by atoms with van der Waals surface area (Å²) in [6.07, 6.45) is 2.77. The van der Waals surface area contributed by atoms with E-state index in [1.807, 2.05) is 11.8 Å². The Hall–Kier alpha value is -1.31. The molecular formula is C19H27N3O2S2. The van der Waals surface area contributed by atoms with Crippen molar-refractivity contribution in [2.75, 3.05) is 38.8 Å². The minimum Gasteiger partial charge on any atom is -0.450 e. The maximum absolute atomic E-state index is 11.9. The third-order valence-corrected chi connectivity index (χ3v) is 6.51. The molecule has 0 radical (unpaired) electrons. The summed E-state index contributed by atoms with van der Waals surface area (Å²) in [6, 6.07) is 11.0. The van der Waals surface area contributed by atoms with E-state index in [0.717, 1.165) is 55.8 Å². The second-order valence-corrected chi connectivity index (χ2v) is 8.28. The average molecular weight is 394 g/mol. The molecule has 7 heteroatoms. The molecule has 2 aliphatic rings. The van der Waals surface area contributed by atoms with Gasteiger partial charge >= 0.3 is 6.09 Å². The standard InChI is InChI=1S/C19H27N3O2S2/c1-2-24-18(23)21-12-9-17(10-13-21)22-14-20(15-26-19(22)25)11-8-16-6-4-3-5-7-16/h3-7,17H,2,8-15H2,1H3. The van der Waals surface area contributed by atoms with Gasteiger partial charge in [0.25, 0.3) is 0 Å². The van der Waals surface area contributed by atoms with Gasteiger partial charge in [0, 0.05) is 25.7 Å². The summed E-state index contributed by atoms with van der Waals surface area (Å²) in [5, 5.41) is 0. The fraction of sp³-hybridized carbons (Fsp3) is 0.579. The van der Waals surface area contributed by atoms with Gasteiger partial charge in [0.1, 0.15) is 4.32 Å². The molecule has 2 heterocycles. The molecule has 0 bridgehead atoms. The van der Waals surface area contributed by atoms with Crippen molar-refractivity contribution in [1.82, 2.24) is 14.7 Å². The smallest absolute Gasteiger partial charge is 0.409 e. The predicted molar refractivity (Wildman–Crippen MR) is 110 cm³/mol. The number of benzene rings is 1. The summed E-state index contributed by atoms with van der Waals surface area (Å²) >= 11 is 7.37. The van der Waals surface area contributed by atoms with Crippen molar-refractivity contribution in [3.8, 4) is 0 Å². The van der Waals surface area contributed by atoms with Gasteiger partial charge in [-0.2, -0.15) is 0 Å². The largest absolute Gasteiger partial charge is 0.450 e. The van der Waals surface area contributed by atoms with Gasteiger partial charge in [0.2, 0.25) is 0 Å². The molecule has 2 fully saturated rings. The number of hydrogen-bond donors (Lipinski definition) is 0. The van der Waals surface area contributed by atoms with Gasteiger partial charge in [0.15, 0.2) is 0 Å². The van der Waals surface area contributed by atoms with Crippen LogP contribution in [0.5, 0.6) is 0 Å². The van der Waals surface area contributed by atoms with E-state index < -0.39 is 0 Å². The molecule has 26 heavy (non-hydrogen) atoms. The van der Waals surface area contributed by atoms with Crippen molar-refractivity contribution in [3.05, 3.63) is 35.9 Å². The van der Waals surface area contributed by atoms with E-state index in [2.05, 4.69) is 40.1 Å². The van der Waals surface area contributed by atoms with Gasteiger partial charge < -0.3 is 14.5 Å². The molecule has 142 valence electrons. The number of hydrogen-bond acceptors (Lipinski definition) is 5. The number of ether oxygens (including phenoxy) is 1. The Balaban J connectivity index is 1.49. The molecule has 0 unspecified atom stereocenters. The SMILES string of the molecule is CCOC(=O)N1CCC(N2CN(CCc3ccccc3)CSC2=S)CC1. The normalized spacial score (nSPS) is 19.7. The van der Waals surface area contributed by atoms with Crippen LogP contribution in [0.15, 0.2) is 30.3 Å². The number of likely N-dealkylation sites (tertiary alicyclic amines) is 1. The number of carbonyl (C=O) groups is 1. The summed E-state index contributed by atoms with van der Waals surface area (Å²) < 4.78 is 6.11. The highest BCUT2D eigenvalue weighted by Crippen LogP contribution is 2.26. The fourth-order valence-electron chi connectivity index (χ4n) is 3.45. The van der Waals surface area contributed by atoms with Crippen molar-refractivity contribution in [2.45, 2.75) is 32.2 Å². The maximum atomic E-state index is 11.9. The van der Waals surface area contributed by atoms with Crippen molar-refractivity contribution < 1.29 is 9.53 Å². The van der Waals surface area contributed by atoms with Crippen molar-refractivity contribution in [2.24, 2.45) is 0 Å². The Morgan fingerprint density at radius 1 is 1.27 bits per heavy atom. The molecule has 1 amide bonds.